The number of anilines is 2. The van der Waals surface area contributed by atoms with E-state index in [1.165, 1.54) is 6.07 Å². The summed E-state index contributed by atoms with van der Waals surface area (Å²) in [5, 5.41) is 4.28. The van der Waals surface area contributed by atoms with Crippen molar-refractivity contribution in [1.82, 2.24) is 9.88 Å². The standard InChI is InChI=1S/C30H25Cl2F3N4O2/c1-17-4-5-19(12-18(17)7-9-23-24-13-21(31)8-6-20(24)16-37-28(23)36)29(40)38-22-14-25(30(33,34)35)27(26(32)15-22)41-11-10-39(2)3/h4-6,8,12-16H,10-11H2,1-3H3,(H2,36,37)(H,38,40). The number of hydrogen-bond acceptors (Lipinski definition) is 5. The highest BCUT2D eigenvalue weighted by molar-refractivity contribution is 6.32. The number of rotatable bonds is 6. The predicted molar refractivity (Wildman–Crippen MR) is 157 cm³/mol. The molecule has 3 aromatic carbocycles. The van der Waals surface area contributed by atoms with Crippen molar-refractivity contribution in [2.24, 2.45) is 0 Å². The lowest BCUT2D eigenvalue weighted by Crippen LogP contribution is -2.21. The zero-order valence-corrected chi connectivity index (χ0v) is 23.8. The maximum atomic E-state index is 13.8. The number of nitrogen functional groups attached to an aromatic ring is 1. The monoisotopic (exact) mass is 600 g/mol. The summed E-state index contributed by atoms with van der Waals surface area (Å²) in [4.78, 5) is 19.0. The molecule has 0 saturated carbocycles. The van der Waals surface area contributed by atoms with Crippen LogP contribution in [0.2, 0.25) is 10.0 Å². The molecule has 0 unspecified atom stereocenters. The second-order valence-corrected chi connectivity index (χ2v) is 10.3. The molecular weight excluding hydrogens is 576 g/mol. The third-order valence-corrected chi connectivity index (χ3v) is 6.61. The number of halogens is 5. The largest absolute Gasteiger partial charge is 0.490 e. The first-order chi connectivity index (χ1) is 19.3. The van der Waals surface area contributed by atoms with E-state index in [0.29, 0.717) is 22.7 Å². The van der Waals surface area contributed by atoms with Gasteiger partial charge in [-0.05, 0) is 63.0 Å². The van der Waals surface area contributed by atoms with Crippen LogP contribution in [0.1, 0.15) is 32.6 Å². The van der Waals surface area contributed by atoms with Gasteiger partial charge in [-0.25, -0.2) is 4.98 Å². The number of carbonyl (C=O) groups excluding carboxylic acids is 1. The summed E-state index contributed by atoms with van der Waals surface area (Å²) in [5.74, 6) is 5.16. The van der Waals surface area contributed by atoms with Crippen LogP contribution in [0.25, 0.3) is 10.8 Å². The Hall–Kier alpha value is -3.97. The third-order valence-electron chi connectivity index (χ3n) is 6.10. The lowest BCUT2D eigenvalue weighted by atomic mass is 10.0. The highest BCUT2D eigenvalue weighted by atomic mass is 35.5. The van der Waals surface area contributed by atoms with Crippen LogP contribution < -0.4 is 15.8 Å². The average Bonchev–Trinajstić information content (AvgIpc) is 2.89. The fraction of sp³-hybridized carbons (Fsp3) is 0.200. The van der Waals surface area contributed by atoms with Gasteiger partial charge in [0.25, 0.3) is 5.91 Å². The molecule has 0 bridgehead atoms. The average molecular weight is 601 g/mol. The number of benzene rings is 3. The summed E-state index contributed by atoms with van der Waals surface area (Å²) < 4.78 is 46.8. The van der Waals surface area contributed by atoms with Crippen molar-refractivity contribution < 1.29 is 22.7 Å². The predicted octanol–water partition coefficient (Wildman–Crippen LogP) is 7.04. The Bertz CT molecular complexity index is 1690. The molecular formula is C30H25Cl2F3N4O2. The quantitative estimate of drug-likeness (QED) is 0.232. The topological polar surface area (TPSA) is 80.5 Å². The van der Waals surface area contributed by atoms with Crippen molar-refractivity contribution in [3.8, 4) is 17.6 Å². The second-order valence-electron chi connectivity index (χ2n) is 9.47. The summed E-state index contributed by atoms with van der Waals surface area (Å²) in [7, 11) is 3.53. The zero-order valence-electron chi connectivity index (χ0n) is 22.3. The summed E-state index contributed by atoms with van der Waals surface area (Å²) in [6.07, 6.45) is -3.13. The van der Waals surface area contributed by atoms with Crippen molar-refractivity contribution in [3.05, 3.63) is 92.6 Å². The smallest absolute Gasteiger partial charge is 0.420 e. The number of aromatic nitrogens is 1. The number of carbonyl (C=O) groups is 1. The van der Waals surface area contributed by atoms with E-state index >= 15 is 0 Å². The SMILES string of the molecule is Cc1ccc(C(=O)Nc2cc(Cl)c(OCCN(C)C)c(C(F)(F)F)c2)cc1C#Cc1c(N)ncc2ccc(Cl)cc12. The lowest BCUT2D eigenvalue weighted by molar-refractivity contribution is -0.138. The van der Waals surface area contributed by atoms with Crippen LogP contribution >= 0.6 is 23.2 Å². The van der Waals surface area contributed by atoms with Crippen molar-refractivity contribution in [1.29, 1.82) is 0 Å². The number of nitrogens with one attached hydrogen (secondary N) is 1. The maximum Gasteiger partial charge on any atom is 0.420 e. The number of nitrogens with zero attached hydrogens (tertiary/aromatic N) is 2. The number of aryl methyl sites for hydroxylation is 1. The van der Waals surface area contributed by atoms with Crippen LogP contribution in [0.3, 0.4) is 0 Å². The Morgan fingerprint density at radius 1 is 1.10 bits per heavy atom. The molecule has 0 aliphatic heterocycles. The number of alkyl halides is 3. The first-order valence-corrected chi connectivity index (χ1v) is 13.0. The van der Waals surface area contributed by atoms with Gasteiger partial charge in [-0.1, -0.05) is 47.2 Å². The van der Waals surface area contributed by atoms with Gasteiger partial charge in [0.05, 0.1) is 10.6 Å². The highest BCUT2D eigenvalue weighted by Gasteiger charge is 2.36. The summed E-state index contributed by atoms with van der Waals surface area (Å²) in [6.45, 7) is 2.21. The molecule has 212 valence electrons. The third kappa shape index (κ3) is 7.22. The van der Waals surface area contributed by atoms with Crippen molar-refractivity contribution in [2.75, 3.05) is 38.3 Å². The van der Waals surface area contributed by atoms with E-state index < -0.39 is 23.4 Å². The van der Waals surface area contributed by atoms with Gasteiger partial charge >= 0.3 is 6.18 Å². The molecule has 4 rings (SSSR count). The molecule has 0 aliphatic carbocycles. The molecule has 3 N–H and O–H groups in total. The van der Waals surface area contributed by atoms with Gasteiger partial charge in [0.1, 0.15) is 23.7 Å². The number of nitrogens with two attached hydrogens (primary N) is 1. The van der Waals surface area contributed by atoms with E-state index in [-0.39, 0.29) is 28.7 Å². The van der Waals surface area contributed by atoms with Crippen LogP contribution in [-0.4, -0.2) is 43.0 Å². The number of likely N-dealkylation sites (N-methyl/N-ethyl adjacent to an activating group) is 1. The summed E-state index contributed by atoms with van der Waals surface area (Å²) in [6, 6.07) is 12.1. The van der Waals surface area contributed by atoms with E-state index in [0.717, 1.165) is 22.4 Å². The van der Waals surface area contributed by atoms with Gasteiger partial charge in [0.15, 0.2) is 0 Å². The van der Waals surface area contributed by atoms with E-state index in [9.17, 15) is 18.0 Å². The molecule has 0 radical (unpaired) electrons. The van der Waals surface area contributed by atoms with Gasteiger partial charge in [0, 0.05) is 45.4 Å². The Morgan fingerprint density at radius 2 is 1.85 bits per heavy atom. The second kappa shape index (κ2) is 12.3. The molecule has 0 atom stereocenters. The molecule has 1 heterocycles. The molecule has 1 aromatic heterocycles. The normalized spacial score (nSPS) is 11.3. The number of fused-ring (bicyclic) bond motifs is 1. The summed E-state index contributed by atoms with van der Waals surface area (Å²) >= 11 is 12.3. The molecule has 41 heavy (non-hydrogen) atoms. The lowest BCUT2D eigenvalue weighted by Gasteiger charge is -2.18. The minimum absolute atomic E-state index is 0.00219. The molecule has 6 nitrogen and oxygen atoms in total. The van der Waals surface area contributed by atoms with Crippen LogP contribution in [0.5, 0.6) is 5.75 Å². The Morgan fingerprint density at radius 3 is 2.56 bits per heavy atom. The van der Waals surface area contributed by atoms with Gasteiger partial charge in [-0.3, -0.25) is 4.79 Å². The van der Waals surface area contributed by atoms with E-state index in [2.05, 4.69) is 22.1 Å². The minimum atomic E-state index is -4.76. The first kappa shape index (κ1) is 30.0. The Labute approximate surface area is 245 Å². The van der Waals surface area contributed by atoms with Gasteiger partial charge in [0.2, 0.25) is 0 Å². The van der Waals surface area contributed by atoms with Crippen LogP contribution in [0.4, 0.5) is 24.7 Å². The van der Waals surface area contributed by atoms with Gasteiger partial charge in [-0.15, -0.1) is 0 Å². The zero-order chi connectivity index (χ0) is 29.9. The molecule has 0 fully saturated rings. The van der Waals surface area contributed by atoms with Gasteiger partial charge < -0.3 is 20.7 Å². The number of pyridine rings is 1. The van der Waals surface area contributed by atoms with Crippen molar-refractivity contribution in [2.45, 2.75) is 13.1 Å². The van der Waals surface area contributed by atoms with Crippen molar-refractivity contribution >= 4 is 51.4 Å². The molecule has 0 saturated heterocycles. The highest BCUT2D eigenvalue weighted by Crippen LogP contribution is 2.42. The molecule has 0 spiro atoms. The maximum absolute atomic E-state index is 13.8. The Balaban J connectivity index is 1.63. The first-order valence-electron chi connectivity index (χ1n) is 12.3. The van der Waals surface area contributed by atoms with Crippen molar-refractivity contribution in [3.63, 3.8) is 0 Å². The number of amides is 1. The number of ether oxygens (including phenoxy) is 1. The van der Waals surface area contributed by atoms with Gasteiger partial charge in [-0.2, -0.15) is 13.2 Å². The minimum Gasteiger partial charge on any atom is -0.490 e. The van der Waals surface area contributed by atoms with Crippen LogP contribution in [0, 0.1) is 18.8 Å². The molecule has 11 heteroatoms. The van der Waals surface area contributed by atoms with E-state index in [1.54, 1.807) is 55.5 Å². The molecule has 0 aliphatic rings. The fourth-order valence-electron chi connectivity index (χ4n) is 3.91. The van der Waals surface area contributed by atoms with E-state index in [1.807, 2.05) is 13.0 Å². The van der Waals surface area contributed by atoms with E-state index in [4.69, 9.17) is 33.7 Å². The molecule has 1 amide bonds. The Kier molecular flexibility index (Phi) is 8.98. The number of hydrogen-bond donors (Lipinski definition) is 2. The summed E-state index contributed by atoms with van der Waals surface area (Å²) in [5.41, 5.74) is 6.84. The molecule has 4 aromatic rings. The van der Waals surface area contributed by atoms with Crippen LogP contribution in [-0.2, 0) is 6.18 Å². The fourth-order valence-corrected chi connectivity index (χ4v) is 4.36. The van der Waals surface area contributed by atoms with Crippen LogP contribution in [0.15, 0.2) is 54.7 Å².